The van der Waals surface area contributed by atoms with Gasteiger partial charge in [-0.05, 0) is 5.38 Å². The zero-order chi connectivity index (χ0) is 21.8. The summed E-state index contributed by atoms with van der Waals surface area (Å²) in [6, 6.07) is 4.82. The summed E-state index contributed by atoms with van der Waals surface area (Å²) < 4.78 is 1.77. The van der Waals surface area contributed by atoms with E-state index in [0.717, 1.165) is 0 Å². The van der Waals surface area contributed by atoms with Crippen LogP contribution in [0.4, 0.5) is 0 Å². The van der Waals surface area contributed by atoms with Crippen LogP contribution in [0.3, 0.4) is 0 Å². The van der Waals surface area contributed by atoms with Crippen LogP contribution in [0, 0.1) is 0 Å². The van der Waals surface area contributed by atoms with Crippen molar-refractivity contribution >= 4 is 22.3 Å². The van der Waals surface area contributed by atoms with Crippen molar-refractivity contribution in [3.63, 3.8) is 0 Å². The minimum Gasteiger partial charge on any atom is -0.192 e. The summed E-state index contributed by atoms with van der Waals surface area (Å²) >= 11 is 2.07. The Morgan fingerprint density at radius 2 is 0.903 bits per heavy atom. The zero-order valence-corrected chi connectivity index (χ0v) is 22.9. The van der Waals surface area contributed by atoms with E-state index in [4.69, 9.17) is 0 Å². The van der Waals surface area contributed by atoms with Crippen molar-refractivity contribution in [1.29, 1.82) is 0 Å². The normalized spacial score (nSPS) is 11.6. The molecule has 176 valence electrons. The van der Waals surface area contributed by atoms with Crippen LogP contribution in [-0.2, 0) is 0 Å². The largest absolute Gasteiger partial charge is 1.00 e. The van der Waals surface area contributed by atoms with Crippen molar-refractivity contribution in [2.45, 2.75) is 155 Å². The molecule has 1 heterocycles. The van der Waals surface area contributed by atoms with E-state index in [1.165, 1.54) is 135 Å². The Balaban J connectivity index is 0.00000900. The van der Waals surface area contributed by atoms with Gasteiger partial charge in [0.15, 0.2) is 0 Å². The Bertz CT molecular complexity index is 419. The van der Waals surface area contributed by atoms with Crippen LogP contribution >= 0.6 is 11.3 Å². The first-order chi connectivity index (χ1) is 14.8. The van der Waals surface area contributed by atoms with Crippen LogP contribution in [-0.4, -0.2) is 6.15 Å². The van der Waals surface area contributed by atoms with Gasteiger partial charge in [0.05, 0.1) is 0 Å². The van der Waals surface area contributed by atoms with E-state index in [-0.39, 0.29) is 25.0 Å². The van der Waals surface area contributed by atoms with Crippen molar-refractivity contribution < 1.29 is 18.9 Å². The summed E-state index contributed by atoms with van der Waals surface area (Å²) in [4.78, 5) is 0. The van der Waals surface area contributed by atoms with Crippen molar-refractivity contribution in [3.05, 3.63) is 17.5 Å². The predicted octanol–water partition coefficient (Wildman–Crippen LogP) is 7.49. The molecule has 0 fully saturated rings. The molecule has 0 bridgehead atoms. The standard InChI is InChI=1S/C28H54BS.Li/c1-4-7-10-13-16-19-24-29(28-23-22-27-30-28,25-20-17-14-11-8-5-2)26-21-18-15-12-9-6-3;/h22-23,27H,4-21,24-26H2,1-3H3;/q-1;+1. The van der Waals surface area contributed by atoms with Crippen LogP contribution in [0.15, 0.2) is 17.5 Å². The summed E-state index contributed by atoms with van der Waals surface area (Å²) in [6.07, 6.45) is 30.0. The molecular formula is C28H54BLiS. The predicted molar refractivity (Wildman–Crippen MR) is 144 cm³/mol. The van der Waals surface area contributed by atoms with Gasteiger partial charge in [-0.2, -0.15) is 35.1 Å². The minimum absolute atomic E-state index is 0. The first-order valence-electron chi connectivity index (χ1n) is 14.0. The third-order valence-corrected chi connectivity index (χ3v) is 8.68. The quantitative estimate of drug-likeness (QED) is 0.129. The third kappa shape index (κ3) is 15.0. The van der Waals surface area contributed by atoms with Crippen molar-refractivity contribution in [2.24, 2.45) is 0 Å². The molecule has 1 rings (SSSR count). The fourth-order valence-corrected chi connectivity index (χ4v) is 6.56. The molecule has 0 saturated carbocycles. The molecule has 0 unspecified atom stereocenters. The molecule has 1 aromatic rings. The second-order valence-corrected chi connectivity index (χ2v) is 11.1. The van der Waals surface area contributed by atoms with E-state index < -0.39 is 0 Å². The molecule has 0 spiro atoms. The van der Waals surface area contributed by atoms with E-state index >= 15 is 0 Å². The maximum absolute atomic E-state index is 2.50. The Kier molecular flexibility index (Phi) is 22.4. The molecular weight excluding hydrogens is 386 g/mol. The smallest absolute Gasteiger partial charge is 0.192 e. The van der Waals surface area contributed by atoms with Gasteiger partial charge in [-0.15, -0.1) is 0 Å². The average molecular weight is 441 g/mol. The number of hydrogen-bond acceptors (Lipinski definition) is 1. The van der Waals surface area contributed by atoms with E-state index in [2.05, 4.69) is 49.6 Å². The average Bonchev–Trinajstić information content (AvgIpc) is 3.30. The van der Waals surface area contributed by atoms with Crippen molar-refractivity contribution in [2.75, 3.05) is 0 Å². The van der Waals surface area contributed by atoms with Gasteiger partial charge < -0.3 is 0 Å². The molecule has 0 radical (unpaired) electrons. The number of hydrogen-bond donors (Lipinski definition) is 0. The molecule has 0 amide bonds. The van der Waals surface area contributed by atoms with Gasteiger partial charge >= 0.3 is 18.9 Å². The molecule has 31 heavy (non-hydrogen) atoms. The van der Waals surface area contributed by atoms with Gasteiger partial charge in [-0.25, -0.2) is 0 Å². The number of rotatable bonds is 22. The van der Waals surface area contributed by atoms with Crippen LogP contribution < -0.4 is 23.6 Å². The summed E-state index contributed by atoms with van der Waals surface area (Å²) in [5, 5.41) is 2.34. The second kappa shape index (κ2) is 22.2. The molecule has 0 saturated heterocycles. The van der Waals surface area contributed by atoms with Gasteiger partial charge in [0.25, 0.3) is 0 Å². The fraction of sp³-hybridized carbons (Fsp3) is 0.857. The summed E-state index contributed by atoms with van der Waals surface area (Å²) in [6.45, 7) is 6.98. The summed E-state index contributed by atoms with van der Waals surface area (Å²) in [5.41, 5.74) is 0. The molecule has 0 aliphatic rings. The maximum atomic E-state index is 2.50. The molecule has 0 nitrogen and oxygen atoms in total. The maximum Gasteiger partial charge on any atom is 1.00 e. The van der Waals surface area contributed by atoms with Gasteiger partial charge in [-0.1, -0.05) is 148 Å². The van der Waals surface area contributed by atoms with Gasteiger partial charge in [0, 0.05) is 6.15 Å². The SMILES string of the molecule is CCCCCCCC[B-](CCCCCCCC)(CCCCCCCC)c1cccs1.[Li+]. The van der Waals surface area contributed by atoms with E-state index in [9.17, 15) is 0 Å². The monoisotopic (exact) mass is 440 g/mol. The Morgan fingerprint density at radius 3 is 1.23 bits per heavy atom. The van der Waals surface area contributed by atoms with Crippen molar-refractivity contribution in [3.8, 4) is 0 Å². The van der Waals surface area contributed by atoms with E-state index in [1.54, 1.807) is 4.78 Å². The molecule has 0 aliphatic carbocycles. The van der Waals surface area contributed by atoms with Crippen LogP contribution in [0.5, 0.6) is 0 Å². The molecule has 0 atom stereocenters. The molecule has 0 N–H and O–H groups in total. The summed E-state index contributed by atoms with van der Waals surface area (Å²) in [5.74, 6) is 0. The summed E-state index contributed by atoms with van der Waals surface area (Å²) in [7, 11) is 0. The molecule has 3 heteroatoms. The zero-order valence-electron chi connectivity index (χ0n) is 22.1. The second-order valence-electron chi connectivity index (χ2n) is 10.2. The van der Waals surface area contributed by atoms with E-state index in [1.807, 2.05) is 0 Å². The van der Waals surface area contributed by atoms with Crippen LogP contribution in [0.1, 0.15) is 136 Å². The minimum atomic E-state index is -0.324. The first kappa shape index (κ1) is 31.4. The third-order valence-electron chi connectivity index (χ3n) is 7.48. The Hall–Kier alpha value is 0.362. The van der Waals surface area contributed by atoms with Crippen molar-refractivity contribution in [1.82, 2.24) is 0 Å². The molecule has 0 aliphatic heterocycles. The van der Waals surface area contributed by atoms with Crippen LogP contribution in [0.25, 0.3) is 0 Å². The van der Waals surface area contributed by atoms with E-state index in [0.29, 0.717) is 0 Å². The molecule has 0 aromatic carbocycles. The molecule has 1 aromatic heterocycles. The van der Waals surface area contributed by atoms with Gasteiger partial charge in [0.2, 0.25) is 0 Å². The van der Waals surface area contributed by atoms with Gasteiger partial charge in [0.1, 0.15) is 0 Å². The number of thiophene rings is 1. The first-order valence-corrected chi connectivity index (χ1v) is 14.9. The van der Waals surface area contributed by atoms with Crippen LogP contribution in [0.2, 0.25) is 19.0 Å². The number of unbranched alkanes of at least 4 members (excludes halogenated alkanes) is 15. The topological polar surface area (TPSA) is 0 Å². The Labute approximate surface area is 213 Å². The fourth-order valence-electron chi connectivity index (χ4n) is 5.45. The Morgan fingerprint density at radius 1 is 0.548 bits per heavy atom. The van der Waals surface area contributed by atoms with Gasteiger partial charge in [-0.3, -0.25) is 0 Å².